The summed E-state index contributed by atoms with van der Waals surface area (Å²) in [6, 6.07) is 44.4. The van der Waals surface area contributed by atoms with Gasteiger partial charge >= 0.3 is 0 Å². The summed E-state index contributed by atoms with van der Waals surface area (Å²) in [5.41, 5.74) is 17.0. The maximum Gasteiger partial charge on any atom is 0.149 e. The lowest BCUT2D eigenvalue weighted by molar-refractivity contribution is 0.466. The summed E-state index contributed by atoms with van der Waals surface area (Å²) >= 11 is 0. The topological polar surface area (TPSA) is 50.9 Å². The molecule has 8 rings (SSSR count). The van der Waals surface area contributed by atoms with E-state index in [1.807, 2.05) is 24.4 Å². The summed E-state index contributed by atoms with van der Waals surface area (Å²) in [6.45, 7) is 26.7. The smallest absolute Gasteiger partial charge is 0.149 e. The number of para-hydroxylation sites is 1. The molecule has 0 amide bonds. The molecule has 0 saturated heterocycles. The number of aromatic nitrogens is 3. The van der Waals surface area contributed by atoms with Gasteiger partial charge in [0.25, 0.3) is 0 Å². The van der Waals surface area contributed by atoms with Gasteiger partial charge in [0.15, 0.2) is 0 Å². The maximum absolute atomic E-state index is 12.4. The van der Waals surface area contributed by atoms with Gasteiger partial charge in [0, 0.05) is 27.0 Å². The lowest BCUT2D eigenvalue weighted by Crippen LogP contribution is -2.12. The van der Waals surface area contributed by atoms with Crippen LogP contribution in [-0.2, 0) is 16.2 Å². The normalized spacial score (nSPS) is 13.4. The number of phenolic OH excluding ortho intramolecular Hbond substituents is 1. The lowest BCUT2D eigenvalue weighted by Gasteiger charge is -2.24. The van der Waals surface area contributed by atoms with Crippen molar-refractivity contribution in [2.75, 3.05) is 0 Å². The summed E-state index contributed by atoms with van der Waals surface area (Å²) in [6.07, 6.45) is 1.82. The lowest BCUT2D eigenvalue weighted by atomic mass is 9.83. The van der Waals surface area contributed by atoms with Crippen LogP contribution in [0.25, 0.3) is 72.7 Å². The van der Waals surface area contributed by atoms with E-state index in [-0.39, 0.29) is 33.8 Å². The first-order chi connectivity index (χ1) is 31.8. The predicted octanol–water partition coefficient (Wildman–Crippen LogP) is 16.9. The van der Waals surface area contributed by atoms with E-state index in [4.69, 9.17) is 14.1 Å². The molecule has 332 valence electrons. The van der Waals surface area contributed by atoms with Crippen molar-refractivity contribution < 1.29 is 9.22 Å². The first-order valence-corrected chi connectivity index (χ1v) is 23.2. The summed E-state index contributed by atoms with van der Waals surface area (Å²) in [4.78, 5) is 10.6. The third kappa shape index (κ3) is 9.06. The minimum absolute atomic E-state index is 0.00403. The average molecular weight is 861 g/mol. The highest BCUT2D eigenvalue weighted by atomic mass is 16.3. The van der Waals surface area contributed by atoms with Crippen LogP contribution in [0.5, 0.6) is 5.75 Å². The van der Waals surface area contributed by atoms with Gasteiger partial charge in [0.05, 0.1) is 28.0 Å². The van der Waals surface area contributed by atoms with E-state index < -0.39 is 6.85 Å². The van der Waals surface area contributed by atoms with Crippen LogP contribution in [-0.4, -0.2) is 19.6 Å². The zero-order valence-corrected chi connectivity index (χ0v) is 40.6. The number of rotatable bonds is 8. The van der Waals surface area contributed by atoms with E-state index in [1.54, 1.807) is 12.1 Å². The van der Waals surface area contributed by atoms with E-state index in [9.17, 15) is 5.11 Å². The van der Waals surface area contributed by atoms with Crippen molar-refractivity contribution in [2.45, 2.75) is 125 Å². The molecule has 0 unspecified atom stereocenters. The fourth-order valence-corrected chi connectivity index (χ4v) is 8.75. The molecular weight excluding hydrogens is 791 g/mol. The Morgan fingerprint density at radius 3 is 1.82 bits per heavy atom. The molecule has 0 aliphatic heterocycles. The number of phenols is 1. The molecular formula is C61H67N3O. The molecule has 2 aromatic heterocycles. The minimum Gasteiger partial charge on any atom is -0.507 e. The number of aromatic hydroxyl groups is 1. The van der Waals surface area contributed by atoms with Crippen molar-refractivity contribution in [1.82, 2.24) is 14.5 Å². The van der Waals surface area contributed by atoms with Crippen LogP contribution in [0, 0.1) is 6.85 Å². The summed E-state index contributed by atoms with van der Waals surface area (Å²) in [5.74, 6) is 1.24. The Balaban J connectivity index is 1.42. The van der Waals surface area contributed by atoms with Crippen molar-refractivity contribution in [3.63, 3.8) is 0 Å². The molecule has 65 heavy (non-hydrogen) atoms. The molecule has 4 heteroatoms. The predicted molar refractivity (Wildman–Crippen MR) is 277 cm³/mol. The van der Waals surface area contributed by atoms with Crippen molar-refractivity contribution in [3.8, 4) is 67.5 Å². The van der Waals surface area contributed by atoms with E-state index in [1.165, 1.54) is 11.1 Å². The number of fused-ring (bicyclic) bond motifs is 1. The van der Waals surface area contributed by atoms with Crippen molar-refractivity contribution in [3.05, 3.63) is 167 Å². The van der Waals surface area contributed by atoms with E-state index in [2.05, 4.69) is 192 Å². The van der Waals surface area contributed by atoms with Gasteiger partial charge in [-0.15, -0.1) is 0 Å². The van der Waals surface area contributed by atoms with Gasteiger partial charge in [0.2, 0.25) is 0 Å². The minimum atomic E-state index is -2.17. The molecule has 2 heterocycles. The molecule has 0 radical (unpaired) electrons. The Kier molecular flexibility index (Phi) is 10.8. The first kappa shape index (κ1) is 41.4. The zero-order chi connectivity index (χ0) is 49.2. The Morgan fingerprint density at radius 2 is 1.18 bits per heavy atom. The van der Waals surface area contributed by atoms with Crippen LogP contribution in [0.2, 0.25) is 0 Å². The quantitative estimate of drug-likeness (QED) is 0.166. The van der Waals surface area contributed by atoms with Crippen molar-refractivity contribution in [1.29, 1.82) is 0 Å². The van der Waals surface area contributed by atoms with Crippen molar-refractivity contribution >= 4 is 11.0 Å². The number of hydrogen-bond donors (Lipinski definition) is 1. The highest BCUT2D eigenvalue weighted by Crippen LogP contribution is 2.45. The second-order valence-corrected chi connectivity index (χ2v) is 21.6. The van der Waals surface area contributed by atoms with Gasteiger partial charge in [-0.3, -0.25) is 9.55 Å². The Morgan fingerprint density at radius 1 is 0.538 bits per heavy atom. The van der Waals surface area contributed by atoms with E-state index in [0.717, 1.165) is 78.0 Å². The summed E-state index contributed by atoms with van der Waals surface area (Å²) < 4.78 is 25.9. The highest BCUT2D eigenvalue weighted by molar-refractivity contribution is 5.98. The first-order valence-electron chi connectivity index (χ1n) is 24.7. The van der Waals surface area contributed by atoms with E-state index >= 15 is 0 Å². The Labute approximate surface area is 392 Å². The van der Waals surface area contributed by atoms with Gasteiger partial charge in [-0.25, -0.2) is 4.98 Å². The second kappa shape index (κ2) is 16.9. The molecule has 0 saturated carbocycles. The van der Waals surface area contributed by atoms with Gasteiger partial charge in [-0.1, -0.05) is 174 Å². The molecule has 0 bridgehead atoms. The van der Waals surface area contributed by atoms with Crippen LogP contribution in [0.4, 0.5) is 0 Å². The Hall–Kier alpha value is -6.26. The number of imidazole rings is 1. The summed E-state index contributed by atoms with van der Waals surface area (Å²) in [5, 5.41) is 12.4. The average Bonchev–Trinajstić information content (AvgIpc) is 3.67. The van der Waals surface area contributed by atoms with Crippen LogP contribution in [0.1, 0.15) is 139 Å². The largest absolute Gasteiger partial charge is 0.507 e. The van der Waals surface area contributed by atoms with Gasteiger partial charge in [0.1, 0.15) is 11.6 Å². The fraction of sp³-hybridized carbons (Fsp3) is 0.311. The molecule has 0 aliphatic carbocycles. The monoisotopic (exact) mass is 861 g/mol. The molecule has 6 aromatic carbocycles. The maximum atomic E-state index is 12.4. The Bertz CT molecular complexity index is 3150. The standard InChI is InChI=1S/C61H67N3O/c1-37(2)43-33-50(38(3)4)57(65)52(34-43)58-63-56-49(44-30-45(32-48(31-44)61(12,13)14)53-35-42(28-29-62-53)40-20-18-39(5)19-21-40)16-15-17-55(56)64(58)54-27-26-47(60(9,10)11)36-51(54)41-22-24-46(25-23-41)59(6,7)8/h15-38,65H,1-14H3/i5D3. The van der Waals surface area contributed by atoms with Crippen LogP contribution in [0.3, 0.4) is 0 Å². The molecule has 0 aliphatic rings. The number of benzene rings is 6. The molecule has 4 nitrogen and oxygen atoms in total. The molecule has 8 aromatic rings. The number of aryl methyl sites for hydroxylation is 1. The number of hydrogen-bond acceptors (Lipinski definition) is 3. The molecule has 1 N–H and O–H groups in total. The van der Waals surface area contributed by atoms with Crippen LogP contribution in [0.15, 0.2) is 134 Å². The van der Waals surface area contributed by atoms with Crippen LogP contribution < -0.4 is 0 Å². The second-order valence-electron chi connectivity index (χ2n) is 21.6. The summed E-state index contributed by atoms with van der Waals surface area (Å²) in [7, 11) is 0. The fourth-order valence-electron chi connectivity index (χ4n) is 8.75. The van der Waals surface area contributed by atoms with Crippen LogP contribution >= 0.6 is 0 Å². The van der Waals surface area contributed by atoms with Gasteiger partial charge < -0.3 is 5.11 Å². The van der Waals surface area contributed by atoms with Crippen molar-refractivity contribution in [2.24, 2.45) is 0 Å². The third-order valence-corrected chi connectivity index (χ3v) is 12.9. The third-order valence-electron chi connectivity index (χ3n) is 12.9. The van der Waals surface area contributed by atoms with Gasteiger partial charge in [-0.2, -0.15) is 0 Å². The van der Waals surface area contributed by atoms with E-state index in [0.29, 0.717) is 17.0 Å². The highest BCUT2D eigenvalue weighted by Gasteiger charge is 2.27. The number of pyridine rings is 1. The molecule has 0 fully saturated rings. The zero-order valence-electron chi connectivity index (χ0n) is 43.6. The van der Waals surface area contributed by atoms with Gasteiger partial charge in [-0.05, 0) is 134 Å². The molecule has 0 atom stereocenters. The SMILES string of the molecule is [2H]C([2H])([2H])c1ccc(-c2ccnc(-c3cc(-c4cccc5c4nc(-c4cc(C(C)C)cc(C(C)C)c4O)n5-c4ccc(C(C)(C)C)cc4-c4ccc(C(C)(C)C)cc4)cc(C(C)(C)C)c3)c2)cc1. The molecule has 0 spiro atoms. The number of nitrogens with zero attached hydrogens (tertiary/aromatic N) is 3.